The predicted octanol–water partition coefficient (Wildman–Crippen LogP) is 1.91. The van der Waals surface area contributed by atoms with Crippen molar-refractivity contribution < 1.29 is 9.53 Å². The molecule has 1 heterocycles. The SMILES string of the molecule is CCC(=CCn1nc(CC)nc1CC)C(=O)OC. The molecule has 0 saturated heterocycles. The third-order valence-corrected chi connectivity index (χ3v) is 2.76. The average molecular weight is 251 g/mol. The van der Waals surface area contributed by atoms with Crippen molar-refractivity contribution in [3.63, 3.8) is 0 Å². The van der Waals surface area contributed by atoms with Crippen molar-refractivity contribution in [3.05, 3.63) is 23.3 Å². The lowest BCUT2D eigenvalue weighted by molar-refractivity contribution is -0.136. The van der Waals surface area contributed by atoms with E-state index in [1.807, 2.05) is 31.5 Å². The number of methoxy groups -OCH3 is 1. The minimum atomic E-state index is -0.272. The topological polar surface area (TPSA) is 57.0 Å². The Hall–Kier alpha value is -1.65. The van der Waals surface area contributed by atoms with E-state index in [1.54, 1.807) is 0 Å². The van der Waals surface area contributed by atoms with Crippen LogP contribution in [0.5, 0.6) is 0 Å². The first-order valence-electron chi connectivity index (χ1n) is 6.36. The Morgan fingerprint density at radius 1 is 1.33 bits per heavy atom. The maximum atomic E-state index is 11.4. The van der Waals surface area contributed by atoms with Gasteiger partial charge in [-0.15, -0.1) is 0 Å². The van der Waals surface area contributed by atoms with Crippen molar-refractivity contribution in [2.45, 2.75) is 46.6 Å². The van der Waals surface area contributed by atoms with E-state index in [4.69, 9.17) is 4.74 Å². The molecule has 5 nitrogen and oxygen atoms in total. The number of nitrogens with zero attached hydrogens (tertiary/aromatic N) is 3. The lowest BCUT2D eigenvalue weighted by Crippen LogP contribution is -2.08. The van der Waals surface area contributed by atoms with Crippen LogP contribution in [0.25, 0.3) is 0 Å². The van der Waals surface area contributed by atoms with Gasteiger partial charge in [-0.25, -0.2) is 14.5 Å². The Labute approximate surface area is 108 Å². The molecule has 0 atom stereocenters. The highest BCUT2D eigenvalue weighted by atomic mass is 16.5. The molecular weight excluding hydrogens is 230 g/mol. The van der Waals surface area contributed by atoms with Crippen LogP contribution < -0.4 is 0 Å². The van der Waals surface area contributed by atoms with Crippen LogP contribution in [0.2, 0.25) is 0 Å². The van der Waals surface area contributed by atoms with Gasteiger partial charge in [0.05, 0.1) is 13.7 Å². The van der Waals surface area contributed by atoms with Gasteiger partial charge in [0.15, 0.2) is 5.82 Å². The van der Waals surface area contributed by atoms with E-state index in [2.05, 4.69) is 10.1 Å². The fourth-order valence-corrected chi connectivity index (χ4v) is 1.68. The number of hydrogen-bond donors (Lipinski definition) is 0. The molecule has 0 amide bonds. The minimum absolute atomic E-state index is 0.272. The molecule has 0 radical (unpaired) electrons. The number of rotatable bonds is 6. The molecule has 0 saturated carbocycles. The standard InChI is InChI=1S/C13H21N3O2/c1-5-10(13(17)18-4)8-9-16-12(7-3)14-11(6-2)15-16/h8H,5-7,9H2,1-4H3. The summed E-state index contributed by atoms with van der Waals surface area (Å²) in [6.07, 6.45) is 4.17. The quantitative estimate of drug-likeness (QED) is 0.572. The van der Waals surface area contributed by atoms with Gasteiger partial charge in [0.2, 0.25) is 0 Å². The summed E-state index contributed by atoms with van der Waals surface area (Å²) >= 11 is 0. The first-order chi connectivity index (χ1) is 8.65. The molecule has 1 aromatic heterocycles. The zero-order chi connectivity index (χ0) is 13.5. The van der Waals surface area contributed by atoms with Gasteiger partial charge in [0.1, 0.15) is 5.82 Å². The van der Waals surface area contributed by atoms with Gasteiger partial charge in [-0.3, -0.25) is 0 Å². The number of ether oxygens (including phenoxy) is 1. The van der Waals surface area contributed by atoms with Crippen LogP contribution >= 0.6 is 0 Å². The molecule has 1 rings (SSSR count). The summed E-state index contributed by atoms with van der Waals surface area (Å²) in [5.41, 5.74) is 0.674. The minimum Gasteiger partial charge on any atom is -0.466 e. The number of aromatic nitrogens is 3. The second-order valence-corrected chi connectivity index (χ2v) is 3.91. The largest absolute Gasteiger partial charge is 0.466 e. The summed E-state index contributed by atoms with van der Waals surface area (Å²) in [5, 5.41) is 4.40. The van der Waals surface area contributed by atoms with Crippen LogP contribution in [0.15, 0.2) is 11.6 Å². The molecule has 0 aromatic carbocycles. The van der Waals surface area contributed by atoms with Gasteiger partial charge < -0.3 is 4.74 Å². The molecule has 0 N–H and O–H groups in total. The van der Waals surface area contributed by atoms with E-state index >= 15 is 0 Å². The summed E-state index contributed by atoms with van der Waals surface area (Å²) in [5.74, 6) is 1.52. The Morgan fingerprint density at radius 3 is 2.56 bits per heavy atom. The van der Waals surface area contributed by atoms with Gasteiger partial charge in [0, 0.05) is 18.4 Å². The smallest absolute Gasteiger partial charge is 0.333 e. The summed E-state index contributed by atoms with van der Waals surface area (Å²) in [7, 11) is 1.40. The van der Waals surface area contributed by atoms with Crippen molar-refractivity contribution in [2.24, 2.45) is 0 Å². The molecule has 0 bridgehead atoms. The average Bonchev–Trinajstić information content (AvgIpc) is 2.81. The lowest BCUT2D eigenvalue weighted by atomic mass is 10.2. The molecule has 0 fully saturated rings. The van der Waals surface area contributed by atoms with Crippen molar-refractivity contribution in [1.29, 1.82) is 0 Å². The fraction of sp³-hybridized carbons (Fsp3) is 0.615. The van der Waals surface area contributed by atoms with E-state index in [-0.39, 0.29) is 5.97 Å². The highest BCUT2D eigenvalue weighted by Crippen LogP contribution is 2.06. The predicted molar refractivity (Wildman–Crippen MR) is 69.2 cm³/mol. The molecule has 0 spiro atoms. The fourth-order valence-electron chi connectivity index (χ4n) is 1.68. The number of hydrogen-bond acceptors (Lipinski definition) is 4. The van der Waals surface area contributed by atoms with Crippen LogP contribution in [0.3, 0.4) is 0 Å². The van der Waals surface area contributed by atoms with Gasteiger partial charge in [-0.1, -0.05) is 26.8 Å². The summed E-state index contributed by atoms with van der Waals surface area (Å²) in [4.78, 5) is 15.9. The highest BCUT2D eigenvalue weighted by Gasteiger charge is 2.09. The molecule has 0 aliphatic heterocycles. The number of aryl methyl sites for hydroxylation is 2. The molecule has 100 valence electrons. The second kappa shape index (κ2) is 6.93. The van der Waals surface area contributed by atoms with Crippen molar-refractivity contribution in [1.82, 2.24) is 14.8 Å². The van der Waals surface area contributed by atoms with E-state index < -0.39 is 0 Å². The Kier molecular flexibility index (Phi) is 5.55. The van der Waals surface area contributed by atoms with Crippen LogP contribution in [0.4, 0.5) is 0 Å². The maximum absolute atomic E-state index is 11.4. The number of carbonyl (C=O) groups excluding carboxylic acids is 1. The van der Waals surface area contributed by atoms with Gasteiger partial charge >= 0.3 is 5.97 Å². The van der Waals surface area contributed by atoms with Crippen molar-refractivity contribution in [2.75, 3.05) is 7.11 Å². The summed E-state index contributed by atoms with van der Waals surface area (Å²) in [6, 6.07) is 0. The molecule has 18 heavy (non-hydrogen) atoms. The van der Waals surface area contributed by atoms with Gasteiger partial charge in [-0.2, -0.15) is 5.10 Å². The summed E-state index contributed by atoms with van der Waals surface area (Å²) < 4.78 is 6.57. The van der Waals surface area contributed by atoms with Crippen LogP contribution in [-0.4, -0.2) is 27.8 Å². The van der Waals surface area contributed by atoms with Crippen LogP contribution in [0.1, 0.15) is 38.8 Å². The summed E-state index contributed by atoms with van der Waals surface area (Å²) in [6.45, 7) is 6.57. The first kappa shape index (κ1) is 14.4. The zero-order valence-corrected chi connectivity index (χ0v) is 11.6. The molecule has 5 heteroatoms. The monoisotopic (exact) mass is 251 g/mol. The number of esters is 1. The zero-order valence-electron chi connectivity index (χ0n) is 11.6. The van der Waals surface area contributed by atoms with Crippen LogP contribution in [0, 0.1) is 0 Å². The molecule has 0 aliphatic rings. The maximum Gasteiger partial charge on any atom is 0.333 e. The van der Waals surface area contributed by atoms with Crippen LogP contribution in [-0.2, 0) is 28.9 Å². The number of carbonyl (C=O) groups is 1. The van der Waals surface area contributed by atoms with Crippen molar-refractivity contribution >= 4 is 5.97 Å². The van der Waals surface area contributed by atoms with E-state index in [0.717, 1.165) is 24.5 Å². The van der Waals surface area contributed by atoms with E-state index in [0.29, 0.717) is 18.5 Å². The lowest BCUT2D eigenvalue weighted by Gasteiger charge is -2.04. The number of allylic oxidation sites excluding steroid dienone is 1. The van der Waals surface area contributed by atoms with E-state index in [9.17, 15) is 4.79 Å². The normalized spacial score (nSPS) is 11.7. The molecule has 1 aromatic rings. The molecular formula is C13H21N3O2. The van der Waals surface area contributed by atoms with Gasteiger partial charge in [-0.05, 0) is 6.42 Å². The Bertz CT molecular complexity index is 435. The Morgan fingerprint density at radius 2 is 2.06 bits per heavy atom. The molecule has 0 unspecified atom stereocenters. The van der Waals surface area contributed by atoms with Gasteiger partial charge in [0.25, 0.3) is 0 Å². The Balaban J connectivity index is 2.86. The highest BCUT2D eigenvalue weighted by molar-refractivity contribution is 5.88. The first-order valence-corrected chi connectivity index (χ1v) is 6.36. The van der Waals surface area contributed by atoms with Crippen molar-refractivity contribution in [3.8, 4) is 0 Å². The third-order valence-electron chi connectivity index (χ3n) is 2.76. The second-order valence-electron chi connectivity index (χ2n) is 3.91. The third kappa shape index (κ3) is 3.42. The van der Waals surface area contributed by atoms with E-state index in [1.165, 1.54) is 7.11 Å². The molecule has 0 aliphatic carbocycles.